The van der Waals surface area contributed by atoms with Gasteiger partial charge in [-0.3, -0.25) is 4.57 Å². The molecule has 0 radical (unpaired) electrons. The Morgan fingerprint density at radius 1 is 1.14 bits per heavy atom. The molecular weight excluding hydrogens is 264 g/mol. The van der Waals surface area contributed by atoms with E-state index in [0.29, 0.717) is 6.61 Å². The van der Waals surface area contributed by atoms with Gasteiger partial charge in [0.25, 0.3) is 0 Å². The van der Waals surface area contributed by atoms with Gasteiger partial charge in [0.2, 0.25) is 0 Å². The summed E-state index contributed by atoms with van der Waals surface area (Å²) in [6.45, 7) is 4.79. The van der Waals surface area contributed by atoms with Crippen LogP contribution in [0.15, 0.2) is 47.3 Å². The zero-order valence-electron chi connectivity index (χ0n) is 12.2. The summed E-state index contributed by atoms with van der Waals surface area (Å²) >= 11 is 0. The second-order valence-electron chi connectivity index (χ2n) is 5.13. The summed E-state index contributed by atoms with van der Waals surface area (Å²) in [6.07, 6.45) is 0.975. The summed E-state index contributed by atoms with van der Waals surface area (Å²) in [7, 11) is 0. The van der Waals surface area contributed by atoms with E-state index in [4.69, 9.17) is 4.74 Å². The molecule has 3 aromatic rings. The Labute approximate surface area is 123 Å². The third-order valence-corrected chi connectivity index (χ3v) is 3.41. The van der Waals surface area contributed by atoms with Crippen molar-refractivity contribution in [2.45, 2.75) is 20.3 Å². The Morgan fingerprint density at radius 3 is 2.62 bits per heavy atom. The molecule has 21 heavy (non-hydrogen) atoms. The second kappa shape index (κ2) is 5.48. The fraction of sp³-hybridized carbons (Fsp3) is 0.235. The number of H-pyrrole nitrogens is 1. The minimum Gasteiger partial charge on any atom is -0.494 e. The summed E-state index contributed by atoms with van der Waals surface area (Å²) in [5.41, 5.74) is 3.57. The topological polar surface area (TPSA) is 47.0 Å². The first-order valence-electron chi connectivity index (χ1n) is 7.13. The molecule has 2 aromatic carbocycles. The molecule has 0 saturated heterocycles. The van der Waals surface area contributed by atoms with E-state index in [1.54, 1.807) is 4.57 Å². The van der Waals surface area contributed by atoms with Crippen LogP contribution in [0.4, 0.5) is 0 Å². The van der Waals surface area contributed by atoms with Gasteiger partial charge in [-0.15, -0.1) is 0 Å². The minimum atomic E-state index is -0.127. The molecule has 4 nitrogen and oxygen atoms in total. The zero-order valence-corrected chi connectivity index (χ0v) is 12.2. The third-order valence-electron chi connectivity index (χ3n) is 3.41. The normalized spacial score (nSPS) is 11.0. The summed E-state index contributed by atoms with van der Waals surface area (Å²) in [4.78, 5) is 15.1. The number of imidazole rings is 1. The Morgan fingerprint density at radius 2 is 1.90 bits per heavy atom. The first-order valence-corrected chi connectivity index (χ1v) is 7.13. The SMILES string of the molecule is CCCOc1ccc(-n2c(=O)[nH]c3ccc(C)cc32)cc1. The van der Waals surface area contributed by atoms with E-state index < -0.39 is 0 Å². The fourth-order valence-corrected chi connectivity index (χ4v) is 2.38. The van der Waals surface area contributed by atoms with Crippen LogP contribution in [0.3, 0.4) is 0 Å². The molecule has 4 heteroatoms. The number of fused-ring (bicyclic) bond motifs is 1. The van der Waals surface area contributed by atoms with Crippen LogP contribution in [0.5, 0.6) is 5.75 Å². The number of hydrogen-bond acceptors (Lipinski definition) is 2. The van der Waals surface area contributed by atoms with Crippen molar-refractivity contribution in [1.82, 2.24) is 9.55 Å². The molecule has 0 aliphatic carbocycles. The average molecular weight is 282 g/mol. The highest BCUT2D eigenvalue weighted by molar-refractivity contribution is 5.78. The third kappa shape index (κ3) is 2.57. The van der Waals surface area contributed by atoms with Crippen LogP contribution in [0, 0.1) is 6.92 Å². The molecule has 0 spiro atoms. The van der Waals surface area contributed by atoms with Crippen LogP contribution in [-0.4, -0.2) is 16.2 Å². The zero-order chi connectivity index (χ0) is 14.8. The van der Waals surface area contributed by atoms with Gasteiger partial charge in [-0.05, 0) is 55.3 Å². The van der Waals surface area contributed by atoms with Gasteiger partial charge in [-0.1, -0.05) is 13.0 Å². The van der Waals surface area contributed by atoms with Crippen molar-refractivity contribution in [3.05, 3.63) is 58.5 Å². The van der Waals surface area contributed by atoms with Crippen molar-refractivity contribution < 1.29 is 4.74 Å². The monoisotopic (exact) mass is 282 g/mol. The van der Waals surface area contributed by atoms with Gasteiger partial charge < -0.3 is 9.72 Å². The highest BCUT2D eigenvalue weighted by atomic mass is 16.5. The first-order chi connectivity index (χ1) is 10.2. The van der Waals surface area contributed by atoms with Crippen LogP contribution in [0.25, 0.3) is 16.7 Å². The van der Waals surface area contributed by atoms with Gasteiger partial charge in [0.05, 0.1) is 23.3 Å². The predicted molar refractivity (Wildman–Crippen MR) is 84.4 cm³/mol. The molecule has 0 aliphatic rings. The van der Waals surface area contributed by atoms with Gasteiger partial charge >= 0.3 is 5.69 Å². The Kier molecular flexibility index (Phi) is 3.52. The van der Waals surface area contributed by atoms with Crippen LogP contribution in [0.1, 0.15) is 18.9 Å². The highest BCUT2D eigenvalue weighted by Crippen LogP contribution is 2.19. The number of rotatable bonds is 4. The largest absolute Gasteiger partial charge is 0.494 e. The van der Waals surface area contributed by atoms with Crippen LogP contribution < -0.4 is 10.4 Å². The van der Waals surface area contributed by atoms with Crippen LogP contribution >= 0.6 is 0 Å². The lowest BCUT2D eigenvalue weighted by molar-refractivity contribution is 0.317. The van der Waals surface area contributed by atoms with Gasteiger partial charge in [0, 0.05) is 0 Å². The lowest BCUT2D eigenvalue weighted by atomic mass is 10.2. The number of benzene rings is 2. The number of ether oxygens (including phenoxy) is 1. The summed E-state index contributed by atoms with van der Waals surface area (Å²) in [5, 5.41) is 0. The maximum Gasteiger partial charge on any atom is 0.331 e. The standard InChI is InChI=1S/C17H18N2O2/c1-3-10-21-14-7-5-13(6-8-14)19-16-11-12(2)4-9-15(16)18-17(19)20/h4-9,11H,3,10H2,1-2H3,(H,18,20). The summed E-state index contributed by atoms with van der Waals surface area (Å²) < 4.78 is 7.26. The van der Waals surface area contributed by atoms with Crippen molar-refractivity contribution in [3.8, 4) is 11.4 Å². The van der Waals surface area contributed by atoms with Crippen molar-refractivity contribution in [2.75, 3.05) is 6.61 Å². The maximum atomic E-state index is 12.2. The quantitative estimate of drug-likeness (QED) is 0.797. The smallest absolute Gasteiger partial charge is 0.331 e. The molecule has 1 N–H and O–H groups in total. The molecule has 0 saturated carbocycles. The van der Waals surface area contributed by atoms with E-state index in [1.165, 1.54) is 0 Å². The number of aromatic nitrogens is 2. The number of nitrogens with zero attached hydrogens (tertiary/aromatic N) is 1. The van der Waals surface area contributed by atoms with E-state index in [2.05, 4.69) is 11.9 Å². The van der Waals surface area contributed by atoms with Crippen molar-refractivity contribution in [1.29, 1.82) is 0 Å². The van der Waals surface area contributed by atoms with Crippen molar-refractivity contribution >= 4 is 11.0 Å². The first kappa shape index (κ1) is 13.5. The molecule has 0 bridgehead atoms. The lowest BCUT2D eigenvalue weighted by Gasteiger charge is -2.07. The van der Waals surface area contributed by atoms with Crippen molar-refractivity contribution in [2.24, 2.45) is 0 Å². The fourth-order valence-electron chi connectivity index (χ4n) is 2.38. The molecule has 0 unspecified atom stereocenters. The van der Waals surface area contributed by atoms with E-state index >= 15 is 0 Å². The van der Waals surface area contributed by atoms with Gasteiger partial charge in [-0.25, -0.2) is 4.79 Å². The number of nitrogens with one attached hydrogen (secondary N) is 1. The van der Waals surface area contributed by atoms with Crippen molar-refractivity contribution in [3.63, 3.8) is 0 Å². The van der Waals surface area contributed by atoms with E-state index in [-0.39, 0.29) is 5.69 Å². The highest BCUT2D eigenvalue weighted by Gasteiger charge is 2.08. The van der Waals surface area contributed by atoms with Crippen LogP contribution in [-0.2, 0) is 0 Å². The summed E-state index contributed by atoms with van der Waals surface area (Å²) in [5.74, 6) is 0.824. The predicted octanol–water partition coefficient (Wildman–Crippen LogP) is 3.42. The second-order valence-corrected chi connectivity index (χ2v) is 5.13. The average Bonchev–Trinajstić information content (AvgIpc) is 2.81. The number of hydrogen-bond donors (Lipinski definition) is 1. The molecule has 3 rings (SSSR count). The molecule has 0 atom stereocenters. The Bertz CT molecular complexity index is 813. The minimum absolute atomic E-state index is 0.127. The molecule has 1 aromatic heterocycles. The van der Waals surface area contributed by atoms with E-state index in [9.17, 15) is 4.79 Å². The molecule has 0 aliphatic heterocycles. The summed E-state index contributed by atoms with van der Waals surface area (Å²) in [6, 6.07) is 13.5. The molecule has 108 valence electrons. The van der Waals surface area contributed by atoms with Gasteiger partial charge in [0.15, 0.2) is 0 Å². The number of aryl methyl sites for hydroxylation is 1. The van der Waals surface area contributed by atoms with Crippen LogP contribution in [0.2, 0.25) is 0 Å². The van der Waals surface area contributed by atoms with E-state index in [1.807, 2.05) is 49.4 Å². The van der Waals surface area contributed by atoms with Gasteiger partial charge in [0.1, 0.15) is 5.75 Å². The molecule has 0 fully saturated rings. The Balaban J connectivity index is 2.05. The molecule has 0 amide bonds. The van der Waals surface area contributed by atoms with Gasteiger partial charge in [-0.2, -0.15) is 0 Å². The maximum absolute atomic E-state index is 12.2. The molecule has 1 heterocycles. The molecular formula is C17H18N2O2. The van der Waals surface area contributed by atoms with E-state index in [0.717, 1.165) is 34.5 Å². The Hall–Kier alpha value is -2.49. The lowest BCUT2D eigenvalue weighted by Crippen LogP contribution is -2.14. The number of aromatic amines is 1.